The van der Waals surface area contributed by atoms with Crippen molar-refractivity contribution < 1.29 is 0 Å². The first-order valence-electron chi connectivity index (χ1n) is 10.7. The Kier molecular flexibility index (Phi) is 5.01. The number of aryl methyl sites for hydroxylation is 1. The van der Waals surface area contributed by atoms with Gasteiger partial charge in [-0.1, -0.05) is 24.8 Å². The second-order valence-corrected chi connectivity index (χ2v) is 8.06. The van der Waals surface area contributed by atoms with E-state index in [9.17, 15) is 4.79 Å². The number of fused-ring (bicyclic) bond motifs is 3. The van der Waals surface area contributed by atoms with Crippen molar-refractivity contribution in [3.63, 3.8) is 0 Å². The van der Waals surface area contributed by atoms with Gasteiger partial charge < -0.3 is 13.9 Å². The molecule has 0 atom stereocenters. The van der Waals surface area contributed by atoms with Crippen molar-refractivity contribution in [2.45, 2.75) is 13.0 Å². The zero-order chi connectivity index (χ0) is 20.5. The van der Waals surface area contributed by atoms with Gasteiger partial charge in [-0.2, -0.15) is 0 Å². The molecular formula is C24H27N5O. The van der Waals surface area contributed by atoms with E-state index in [1.54, 1.807) is 0 Å². The van der Waals surface area contributed by atoms with E-state index in [4.69, 9.17) is 0 Å². The summed E-state index contributed by atoms with van der Waals surface area (Å²) in [6, 6.07) is 12.0. The van der Waals surface area contributed by atoms with Gasteiger partial charge in [-0.15, -0.1) is 0 Å². The molecule has 2 aliphatic rings. The summed E-state index contributed by atoms with van der Waals surface area (Å²) in [5.74, 6) is 1.08. The Hall–Kier alpha value is -3.12. The Morgan fingerprint density at radius 1 is 0.900 bits per heavy atom. The smallest absolute Gasteiger partial charge is 0.275 e. The fourth-order valence-corrected chi connectivity index (χ4v) is 4.47. The minimum atomic E-state index is 0.0900. The molecule has 0 unspecified atom stereocenters. The van der Waals surface area contributed by atoms with Crippen LogP contribution in [-0.4, -0.2) is 63.9 Å². The predicted molar refractivity (Wildman–Crippen MR) is 122 cm³/mol. The molecule has 2 aromatic heterocycles. The number of piperazine rings is 1. The highest BCUT2D eigenvalue weighted by Crippen LogP contribution is 2.16. The molecule has 0 amide bonds. The summed E-state index contributed by atoms with van der Waals surface area (Å²) in [4.78, 5) is 22.5. The Morgan fingerprint density at radius 2 is 1.67 bits per heavy atom. The number of dihydropyridines is 1. The molecule has 6 heteroatoms. The molecular weight excluding hydrogens is 374 g/mol. The van der Waals surface area contributed by atoms with E-state index < -0.39 is 0 Å². The number of benzene rings is 1. The summed E-state index contributed by atoms with van der Waals surface area (Å²) in [6.45, 7) is 10.4. The highest BCUT2D eigenvalue weighted by Gasteiger charge is 2.19. The maximum Gasteiger partial charge on any atom is 0.275 e. The molecule has 1 saturated heterocycles. The van der Waals surface area contributed by atoms with E-state index in [-0.39, 0.29) is 5.56 Å². The van der Waals surface area contributed by atoms with E-state index in [0.717, 1.165) is 73.6 Å². The SMILES string of the molecule is C=C1C=CC(N2CCN(CCCn3c(=O)c4cccn4c4ccccc43)CC2)=NC1. The van der Waals surface area contributed by atoms with Gasteiger partial charge in [0.15, 0.2) is 0 Å². The molecule has 4 heterocycles. The van der Waals surface area contributed by atoms with Crippen molar-refractivity contribution in [3.05, 3.63) is 77.3 Å². The first-order chi connectivity index (χ1) is 14.7. The van der Waals surface area contributed by atoms with E-state index >= 15 is 0 Å². The largest absolute Gasteiger partial charge is 0.354 e. The first kappa shape index (κ1) is 18.9. The third-order valence-electron chi connectivity index (χ3n) is 6.11. The fourth-order valence-electron chi connectivity index (χ4n) is 4.47. The van der Waals surface area contributed by atoms with E-state index in [1.165, 1.54) is 0 Å². The third kappa shape index (κ3) is 3.48. The molecule has 0 aliphatic carbocycles. The topological polar surface area (TPSA) is 45.2 Å². The van der Waals surface area contributed by atoms with E-state index in [0.29, 0.717) is 6.54 Å². The van der Waals surface area contributed by atoms with Crippen LogP contribution in [0.4, 0.5) is 0 Å². The second kappa shape index (κ2) is 7.95. The van der Waals surface area contributed by atoms with Crippen molar-refractivity contribution in [2.24, 2.45) is 4.99 Å². The highest BCUT2D eigenvalue weighted by molar-refractivity contribution is 5.94. The second-order valence-electron chi connectivity index (χ2n) is 8.06. The molecule has 30 heavy (non-hydrogen) atoms. The summed E-state index contributed by atoms with van der Waals surface area (Å²) < 4.78 is 3.93. The predicted octanol–water partition coefficient (Wildman–Crippen LogP) is 2.79. The minimum Gasteiger partial charge on any atom is -0.354 e. The number of hydrogen-bond donors (Lipinski definition) is 0. The maximum atomic E-state index is 13.0. The van der Waals surface area contributed by atoms with E-state index in [2.05, 4.69) is 39.6 Å². The number of rotatable bonds is 4. The normalized spacial score (nSPS) is 17.8. The number of aromatic nitrogens is 2. The molecule has 3 aromatic rings. The lowest BCUT2D eigenvalue weighted by molar-refractivity contribution is 0.179. The van der Waals surface area contributed by atoms with Gasteiger partial charge in [-0.3, -0.25) is 14.7 Å². The summed E-state index contributed by atoms with van der Waals surface area (Å²) in [7, 11) is 0. The molecule has 5 rings (SSSR count). The van der Waals surface area contributed by atoms with Crippen molar-refractivity contribution >= 4 is 22.4 Å². The van der Waals surface area contributed by atoms with Crippen LogP contribution in [-0.2, 0) is 6.54 Å². The van der Waals surface area contributed by atoms with Crippen LogP contribution in [0, 0.1) is 0 Å². The molecule has 0 N–H and O–H groups in total. The number of amidine groups is 1. The molecule has 0 radical (unpaired) electrons. The van der Waals surface area contributed by atoms with Crippen LogP contribution in [0.1, 0.15) is 6.42 Å². The Bertz CT molecular complexity index is 1210. The first-order valence-corrected chi connectivity index (χ1v) is 10.7. The van der Waals surface area contributed by atoms with Crippen LogP contribution in [0.5, 0.6) is 0 Å². The lowest BCUT2D eigenvalue weighted by Crippen LogP contribution is -2.48. The van der Waals surface area contributed by atoms with Crippen molar-refractivity contribution in [1.82, 2.24) is 18.8 Å². The third-order valence-corrected chi connectivity index (χ3v) is 6.11. The Balaban J connectivity index is 1.23. The zero-order valence-corrected chi connectivity index (χ0v) is 17.2. The van der Waals surface area contributed by atoms with Gasteiger partial charge >= 0.3 is 0 Å². The molecule has 1 fully saturated rings. The van der Waals surface area contributed by atoms with Crippen LogP contribution in [0.15, 0.2) is 76.7 Å². The van der Waals surface area contributed by atoms with Gasteiger partial charge in [0.05, 0.1) is 17.6 Å². The molecule has 0 saturated carbocycles. The number of nitrogens with zero attached hydrogens (tertiary/aromatic N) is 5. The number of hydrogen-bond acceptors (Lipinski definition) is 4. The average molecular weight is 402 g/mol. The summed E-state index contributed by atoms with van der Waals surface area (Å²) in [6.07, 6.45) is 7.07. The van der Waals surface area contributed by atoms with Crippen LogP contribution >= 0.6 is 0 Å². The average Bonchev–Trinajstić information content (AvgIpc) is 3.28. The van der Waals surface area contributed by atoms with Gasteiger partial charge in [-0.25, -0.2) is 0 Å². The fraction of sp³-hybridized carbons (Fsp3) is 0.333. The van der Waals surface area contributed by atoms with Gasteiger partial charge in [0.2, 0.25) is 0 Å². The quantitative estimate of drug-likeness (QED) is 0.675. The van der Waals surface area contributed by atoms with Crippen LogP contribution < -0.4 is 5.56 Å². The van der Waals surface area contributed by atoms with Crippen LogP contribution in [0.25, 0.3) is 16.6 Å². The lowest BCUT2D eigenvalue weighted by Gasteiger charge is -2.36. The van der Waals surface area contributed by atoms with Gasteiger partial charge in [0, 0.05) is 38.9 Å². The van der Waals surface area contributed by atoms with Crippen LogP contribution in [0.2, 0.25) is 0 Å². The summed E-state index contributed by atoms with van der Waals surface area (Å²) in [5, 5.41) is 0. The molecule has 6 nitrogen and oxygen atoms in total. The van der Waals surface area contributed by atoms with Gasteiger partial charge in [0.25, 0.3) is 5.56 Å². The summed E-state index contributed by atoms with van der Waals surface area (Å²) >= 11 is 0. The minimum absolute atomic E-state index is 0.0900. The van der Waals surface area contributed by atoms with Crippen molar-refractivity contribution in [1.29, 1.82) is 0 Å². The summed E-state index contributed by atoms with van der Waals surface area (Å²) in [5.41, 5.74) is 3.98. The monoisotopic (exact) mass is 401 g/mol. The molecule has 0 spiro atoms. The van der Waals surface area contributed by atoms with Crippen LogP contribution in [0.3, 0.4) is 0 Å². The van der Waals surface area contributed by atoms with Gasteiger partial charge in [-0.05, 0) is 48.9 Å². The zero-order valence-electron chi connectivity index (χ0n) is 17.2. The molecule has 1 aromatic carbocycles. The molecule has 154 valence electrons. The number of aliphatic imine (C=N–C) groups is 1. The molecule has 2 aliphatic heterocycles. The number of para-hydroxylation sites is 2. The molecule has 0 bridgehead atoms. The highest BCUT2D eigenvalue weighted by atomic mass is 16.1. The maximum absolute atomic E-state index is 13.0. The standard InChI is InChI=1S/C24H27N5O/c1-19-9-10-23(25-18-19)27-16-14-26(15-17-27)11-5-13-29-21-7-3-2-6-20(21)28-12-4-8-22(28)24(29)30/h2-4,6-10,12H,1,5,11,13-18H2. The van der Waals surface area contributed by atoms with E-state index in [1.807, 2.05) is 45.5 Å². The Labute approximate surface area is 176 Å². The Morgan fingerprint density at radius 3 is 2.43 bits per heavy atom. The lowest BCUT2D eigenvalue weighted by atomic mass is 10.2. The van der Waals surface area contributed by atoms with Crippen molar-refractivity contribution in [2.75, 3.05) is 39.3 Å². The van der Waals surface area contributed by atoms with Gasteiger partial charge in [0.1, 0.15) is 11.4 Å². The van der Waals surface area contributed by atoms with Crippen molar-refractivity contribution in [3.8, 4) is 0 Å².